The molecule has 0 aliphatic heterocycles. The Kier molecular flexibility index (Phi) is 6.76. The van der Waals surface area contributed by atoms with E-state index >= 15 is 0 Å². The van der Waals surface area contributed by atoms with Gasteiger partial charge < -0.3 is 0 Å². The van der Waals surface area contributed by atoms with Gasteiger partial charge in [-0.3, -0.25) is 0 Å². The van der Waals surface area contributed by atoms with Crippen molar-refractivity contribution in [1.82, 2.24) is 10.2 Å². The fourth-order valence-electron chi connectivity index (χ4n) is 4.12. The number of benzene rings is 1. The van der Waals surface area contributed by atoms with Crippen LogP contribution < -0.4 is 0 Å². The SMILES string of the molecule is CCCCC1CCC(CCc2ccc(-c3ccc(C)cc3F)nn2)CC1. The third kappa shape index (κ3) is 5.12. The average Bonchev–Trinajstić information content (AvgIpc) is 2.66. The normalized spacial score (nSPS) is 20.3. The Balaban J connectivity index is 1.49. The molecule has 2 aromatic rings. The fraction of sp³-hybridized carbons (Fsp3) is 0.565. The van der Waals surface area contributed by atoms with Crippen molar-refractivity contribution in [3.8, 4) is 11.3 Å². The molecular formula is C23H31FN2. The zero-order valence-electron chi connectivity index (χ0n) is 16.2. The van der Waals surface area contributed by atoms with Gasteiger partial charge in [-0.1, -0.05) is 57.9 Å². The van der Waals surface area contributed by atoms with E-state index in [1.165, 1.54) is 51.4 Å². The van der Waals surface area contributed by atoms with E-state index in [0.717, 1.165) is 29.5 Å². The van der Waals surface area contributed by atoms with Gasteiger partial charge in [0.05, 0.1) is 11.4 Å². The molecule has 1 aromatic carbocycles. The molecule has 1 aliphatic carbocycles. The summed E-state index contributed by atoms with van der Waals surface area (Å²) in [5.41, 5.74) is 3.08. The molecule has 2 nitrogen and oxygen atoms in total. The molecule has 1 fully saturated rings. The van der Waals surface area contributed by atoms with E-state index in [1.54, 1.807) is 12.1 Å². The maximum Gasteiger partial charge on any atom is 0.132 e. The van der Waals surface area contributed by atoms with Crippen molar-refractivity contribution in [2.24, 2.45) is 11.8 Å². The molecule has 0 atom stereocenters. The minimum atomic E-state index is -0.230. The second kappa shape index (κ2) is 9.25. The van der Waals surface area contributed by atoms with E-state index in [9.17, 15) is 4.39 Å². The summed E-state index contributed by atoms with van der Waals surface area (Å²) in [6.07, 6.45) is 11.9. The summed E-state index contributed by atoms with van der Waals surface area (Å²) < 4.78 is 14.1. The first-order valence-electron chi connectivity index (χ1n) is 10.2. The number of rotatable bonds is 7. The van der Waals surface area contributed by atoms with Crippen LogP contribution in [0.25, 0.3) is 11.3 Å². The highest BCUT2D eigenvalue weighted by atomic mass is 19.1. The Labute approximate surface area is 157 Å². The number of hydrogen-bond acceptors (Lipinski definition) is 2. The zero-order chi connectivity index (χ0) is 18.4. The lowest BCUT2D eigenvalue weighted by atomic mass is 9.78. The van der Waals surface area contributed by atoms with Crippen molar-refractivity contribution in [2.45, 2.75) is 71.6 Å². The van der Waals surface area contributed by atoms with Crippen LogP contribution >= 0.6 is 0 Å². The van der Waals surface area contributed by atoms with Gasteiger partial charge in [0.15, 0.2) is 0 Å². The summed E-state index contributed by atoms with van der Waals surface area (Å²) in [5.74, 6) is 1.57. The van der Waals surface area contributed by atoms with Crippen molar-refractivity contribution in [1.29, 1.82) is 0 Å². The molecule has 0 amide bonds. The molecule has 0 unspecified atom stereocenters. The van der Waals surface area contributed by atoms with Crippen LogP contribution in [0, 0.1) is 24.6 Å². The van der Waals surface area contributed by atoms with Crippen LogP contribution in [0.15, 0.2) is 30.3 Å². The first-order chi connectivity index (χ1) is 12.7. The highest BCUT2D eigenvalue weighted by Crippen LogP contribution is 2.34. The minimum Gasteiger partial charge on any atom is -0.206 e. The van der Waals surface area contributed by atoms with Crippen molar-refractivity contribution in [2.75, 3.05) is 0 Å². The van der Waals surface area contributed by atoms with Gasteiger partial charge in [0.25, 0.3) is 0 Å². The van der Waals surface area contributed by atoms with E-state index in [4.69, 9.17) is 0 Å². The second-order valence-electron chi connectivity index (χ2n) is 7.96. The third-order valence-corrected chi connectivity index (χ3v) is 5.86. The highest BCUT2D eigenvalue weighted by molar-refractivity contribution is 5.59. The van der Waals surface area contributed by atoms with Crippen LogP contribution in [-0.4, -0.2) is 10.2 Å². The number of aromatic nitrogens is 2. The lowest BCUT2D eigenvalue weighted by Crippen LogP contribution is -2.15. The molecule has 0 saturated heterocycles. The standard InChI is InChI=1S/C23H31FN2/c1-3-4-5-18-7-9-19(10-8-18)11-12-20-13-15-23(26-25-20)21-14-6-17(2)16-22(21)24/h6,13-16,18-19H,3-5,7-12H2,1-2H3. The van der Waals surface area contributed by atoms with Gasteiger partial charge in [-0.05, 0) is 61.4 Å². The number of nitrogens with zero attached hydrogens (tertiary/aromatic N) is 2. The summed E-state index contributed by atoms with van der Waals surface area (Å²) >= 11 is 0. The Morgan fingerprint density at radius 1 is 0.962 bits per heavy atom. The van der Waals surface area contributed by atoms with Gasteiger partial charge >= 0.3 is 0 Å². The van der Waals surface area contributed by atoms with Crippen LogP contribution in [0.5, 0.6) is 0 Å². The van der Waals surface area contributed by atoms with Crippen LogP contribution in [-0.2, 0) is 6.42 Å². The molecule has 0 spiro atoms. The second-order valence-corrected chi connectivity index (χ2v) is 7.96. The summed E-state index contributed by atoms with van der Waals surface area (Å²) in [7, 11) is 0. The van der Waals surface area contributed by atoms with E-state index in [0.29, 0.717) is 11.3 Å². The van der Waals surface area contributed by atoms with Crippen LogP contribution in [0.3, 0.4) is 0 Å². The number of aryl methyl sites for hydroxylation is 2. The molecule has 3 heteroatoms. The van der Waals surface area contributed by atoms with Crippen LogP contribution in [0.1, 0.15) is 69.5 Å². The summed E-state index contributed by atoms with van der Waals surface area (Å²) in [6.45, 7) is 4.17. The average molecular weight is 355 g/mol. The smallest absolute Gasteiger partial charge is 0.132 e. The van der Waals surface area contributed by atoms with Crippen LogP contribution in [0.4, 0.5) is 4.39 Å². The minimum absolute atomic E-state index is 0.230. The van der Waals surface area contributed by atoms with E-state index < -0.39 is 0 Å². The lowest BCUT2D eigenvalue weighted by molar-refractivity contribution is 0.249. The van der Waals surface area contributed by atoms with E-state index in [-0.39, 0.29) is 5.82 Å². The fourth-order valence-corrected chi connectivity index (χ4v) is 4.12. The molecule has 3 rings (SSSR count). The highest BCUT2D eigenvalue weighted by Gasteiger charge is 2.20. The summed E-state index contributed by atoms with van der Waals surface area (Å²) in [4.78, 5) is 0. The molecule has 1 aromatic heterocycles. The molecule has 140 valence electrons. The predicted octanol–water partition coefficient (Wildman–Crippen LogP) is 6.52. The van der Waals surface area contributed by atoms with Gasteiger partial charge in [-0.15, -0.1) is 0 Å². The maximum absolute atomic E-state index is 14.1. The van der Waals surface area contributed by atoms with E-state index in [1.807, 2.05) is 25.1 Å². The van der Waals surface area contributed by atoms with Gasteiger partial charge in [0.1, 0.15) is 5.82 Å². The molecular weight excluding hydrogens is 323 g/mol. The zero-order valence-corrected chi connectivity index (χ0v) is 16.2. The Morgan fingerprint density at radius 3 is 2.31 bits per heavy atom. The first kappa shape index (κ1) is 19.0. The molecule has 0 N–H and O–H groups in total. The predicted molar refractivity (Wildman–Crippen MR) is 105 cm³/mol. The molecule has 26 heavy (non-hydrogen) atoms. The maximum atomic E-state index is 14.1. The Hall–Kier alpha value is -1.77. The monoisotopic (exact) mass is 354 g/mol. The van der Waals surface area contributed by atoms with E-state index in [2.05, 4.69) is 17.1 Å². The number of hydrogen-bond donors (Lipinski definition) is 0. The van der Waals surface area contributed by atoms with Gasteiger partial charge in [-0.25, -0.2) is 4.39 Å². The molecule has 1 saturated carbocycles. The Morgan fingerprint density at radius 2 is 1.69 bits per heavy atom. The van der Waals surface area contributed by atoms with Crippen molar-refractivity contribution in [3.63, 3.8) is 0 Å². The van der Waals surface area contributed by atoms with Crippen molar-refractivity contribution >= 4 is 0 Å². The lowest BCUT2D eigenvalue weighted by Gasteiger charge is -2.28. The summed E-state index contributed by atoms with van der Waals surface area (Å²) in [5, 5.41) is 8.60. The quantitative estimate of drug-likeness (QED) is 0.565. The molecule has 0 bridgehead atoms. The molecule has 0 radical (unpaired) electrons. The largest absolute Gasteiger partial charge is 0.206 e. The van der Waals surface area contributed by atoms with Gasteiger partial charge in [-0.2, -0.15) is 10.2 Å². The third-order valence-electron chi connectivity index (χ3n) is 5.86. The summed E-state index contributed by atoms with van der Waals surface area (Å²) in [6, 6.07) is 9.14. The Bertz CT molecular complexity index is 688. The number of unbranched alkanes of at least 4 members (excludes halogenated alkanes) is 1. The van der Waals surface area contributed by atoms with Gasteiger partial charge in [0.2, 0.25) is 0 Å². The molecule has 1 aliphatic rings. The topological polar surface area (TPSA) is 25.8 Å². The van der Waals surface area contributed by atoms with Crippen molar-refractivity contribution in [3.05, 3.63) is 47.4 Å². The van der Waals surface area contributed by atoms with Gasteiger partial charge in [0, 0.05) is 5.56 Å². The number of halogens is 1. The van der Waals surface area contributed by atoms with Crippen LogP contribution in [0.2, 0.25) is 0 Å². The first-order valence-corrected chi connectivity index (χ1v) is 10.2. The molecule has 1 heterocycles. The van der Waals surface area contributed by atoms with Crippen molar-refractivity contribution < 1.29 is 4.39 Å².